The highest BCUT2D eigenvalue weighted by Crippen LogP contribution is 2.27. The first-order valence-corrected chi connectivity index (χ1v) is 8.85. The summed E-state index contributed by atoms with van der Waals surface area (Å²) in [5, 5.41) is 2.87. The number of hydrogen-bond acceptors (Lipinski definition) is 4. The highest BCUT2D eigenvalue weighted by Gasteiger charge is 2.34. The molecule has 0 spiro atoms. The number of rotatable bonds is 6. The summed E-state index contributed by atoms with van der Waals surface area (Å²) >= 11 is 0. The minimum atomic E-state index is -0.375. The number of amides is 2. The van der Waals surface area contributed by atoms with E-state index in [1.54, 1.807) is 37.3 Å². The zero-order valence-corrected chi connectivity index (χ0v) is 15.8. The Morgan fingerprint density at radius 1 is 1.11 bits per heavy atom. The van der Waals surface area contributed by atoms with Gasteiger partial charge in [0, 0.05) is 43.4 Å². The van der Waals surface area contributed by atoms with Crippen LogP contribution in [0, 0.1) is 12.8 Å². The number of benzene rings is 2. The minimum absolute atomic E-state index is 0.000974. The summed E-state index contributed by atoms with van der Waals surface area (Å²) in [6.45, 7) is 2.97. The summed E-state index contributed by atoms with van der Waals surface area (Å²) in [7, 11) is 3.11. The fourth-order valence-corrected chi connectivity index (χ4v) is 3.14. The van der Waals surface area contributed by atoms with Gasteiger partial charge in [-0.25, -0.2) is 0 Å². The van der Waals surface area contributed by atoms with E-state index in [1.165, 1.54) is 5.56 Å². The first kappa shape index (κ1) is 18.8. The van der Waals surface area contributed by atoms with Gasteiger partial charge in [0.1, 0.15) is 11.5 Å². The minimum Gasteiger partial charge on any atom is -0.497 e. The lowest BCUT2D eigenvalue weighted by molar-refractivity contribution is -0.128. The van der Waals surface area contributed by atoms with Crippen molar-refractivity contribution in [2.75, 3.05) is 26.1 Å². The Bertz CT molecular complexity index is 810. The zero-order valence-electron chi connectivity index (χ0n) is 15.8. The second-order valence-corrected chi connectivity index (χ2v) is 6.75. The van der Waals surface area contributed by atoms with E-state index in [0.29, 0.717) is 30.3 Å². The lowest BCUT2D eigenvalue weighted by Gasteiger charge is -2.17. The van der Waals surface area contributed by atoms with Gasteiger partial charge in [-0.3, -0.25) is 9.59 Å². The highest BCUT2D eigenvalue weighted by atomic mass is 16.5. The molecule has 1 aliphatic rings. The molecule has 0 aliphatic carbocycles. The van der Waals surface area contributed by atoms with Gasteiger partial charge in [0.05, 0.1) is 20.1 Å². The molecule has 2 aromatic rings. The number of hydrogen-bond donors (Lipinski definition) is 1. The molecule has 1 heterocycles. The molecule has 6 nitrogen and oxygen atoms in total. The van der Waals surface area contributed by atoms with Crippen LogP contribution in [0.1, 0.15) is 17.5 Å². The smallest absolute Gasteiger partial charge is 0.229 e. The van der Waals surface area contributed by atoms with E-state index in [4.69, 9.17) is 9.47 Å². The molecule has 1 fully saturated rings. The van der Waals surface area contributed by atoms with Crippen molar-refractivity contribution >= 4 is 17.5 Å². The molecule has 27 heavy (non-hydrogen) atoms. The number of likely N-dealkylation sites (tertiary alicyclic amines) is 1. The Balaban J connectivity index is 1.64. The van der Waals surface area contributed by atoms with E-state index in [1.807, 2.05) is 31.2 Å². The number of carbonyl (C=O) groups excluding carboxylic acids is 2. The summed E-state index contributed by atoms with van der Waals surface area (Å²) < 4.78 is 10.4. The first-order valence-electron chi connectivity index (χ1n) is 8.85. The van der Waals surface area contributed by atoms with Crippen molar-refractivity contribution in [1.82, 2.24) is 4.90 Å². The van der Waals surface area contributed by atoms with Crippen molar-refractivity contribution in [2.45, 2.75) is 19.9 Å². The highest BCUT2D eigenvalue weighted by molar-refractivity contribution is 5.97. The van der Waals surface area contributed by atoms with E-state index in [9.17, 15) is 9.59 Å². The molecule has 6 heteroatoms. The van der Waals surface area contributed by atoms with Crippen molar-refractivity contribution in [1.29, 1.82) is 0 Å². The third-order valence-corrected chi connectivity index (χ3v) is 4.70. The largest absolute Gasteiger partial charge is 0.497 e. The molecule has 1 N–H and O–H groups in total. The second kappa shape index (κ2) is 8.12. The fraction of sp³-hybridized carbons (Fsp3) is 0.333. The molecular formula is C21H24N2O4. The van der Waals surface area contributed by atoms with Gasteiger partial charge in [-0.1, -0.05) is 29.8 Å². The Hall–Kier alpha value is -3.02. The standard InChI is InChI=1S/C21H24N2O4/c1-14-4-6-15(7-5-14)12-23-13-16(8-20(23)24)21(25)22-17-9-18(26-2)11-19(10-17)27-3/h4-7,9-11,16H,8,12-13H2,1-3H3,(H,22,25)/t16-/m1/s1. The molecule has 0 unspecified atom stereocenters. The molecular weight excluding hydrogens is 344 g/mol. The Morgan fingerprint density at radius 3 is 2.33 bits per heavy atom. The quantitative estimate of drug-likeness (QED) is 0.851. The van der Waals surface area contributed by atoms with Crippen molar-refractivity contribution < 1.29 is 19.1 Å². The number of carbonyl (C=O) groups is 2. The average Bonchev–Trinajstić information content (AvgIpc) is 3.04. The molecule has 1 saturated heterocycles. The van der Waals surface area contributed by atoms with Crippen molar-refractivity contribution in [3.8, 4) is 11.5 Å². The zero-order chi connectivity index (χ0) is 19.4. The van der Waals surface area contributed by atoms with Gasteiger partial charge in [0.2, 0.25) is 11.8 Å². The Kier molecular flexibility index (Phi) is 5.64. The van der Waals surface area contributed by atoms with Crippen LogP contribution in [0.15, 0.2) is 42.5 Å². The van der Waals surface area contributed by atoms with Crippen LogP contribution in [0.3, 0.4) is 0 Å². The van der Waals surface area contributed by atoms with Gasteiger partial charge in [0.15, 0.2) is 0 Å². The Labute approximate surface area is 159 Å². The number of nitrogens with zero attached hydrogens (tertiary/aromatic N) is 1. The van der Waals surface area contributed by atoms with Crippen molar-refractivity contribution in [3.05, 3.63) is 53.6 Å². The van der Waals surface area contributed by atoms with Crippen LogP contribution >= 0.6 is 0 Å². The monoisotopic (exact) mass is 368 g/mol. The molecule has 2 amide bonds. The molecule has 1 atom stereocenters. The molecule has 2 aromatic carbocycles. The lowest BCUT2D eigenvalue weighted by atomic mass is 10.1. The van der Waals surface area contributed by atoms with Crippen LogP contribution < -0.4 is 14.8 Å². The van der Waals surface area contributed by atoms with E-state index >= 15 is 0 Å². The van der Waals surface area contributed by atoms with Crippen LogP contribution in [0.25, 0.3) is 0 Å². The number of methoxy groups -OCH3 is 2. The number of aryl methyl sites for hydroxylation is 1. The van der Waals surface area contributed by atoms with E-state index in [2.05, 4.69) is 5.32 Å². The summed E-state index contributed by atoms with van der Waals surface area (Å²) in [6.07, 6.45) is 0.221. The summed E-state index contributed by atoms with van der Waals surface area (Å²) in [4.78, 5) is 26.7. The molecule has 0 saturated carbocycles. The normalized spacial score (nSPS) is 16.3. The summed E-state index contributed by atoms with van der Waals surface area (Å²) in [5.74, 6) is 0.630. The maximum Gasteiger partial charge on any atom is 0.229 e. The van der Waals surface area contributed by atoms with Crippen LogP contribution in [0.2, 0.25) is 0 Å². The molecule has 142 valence electrons. The maximum absolute atomic E-state index is 12.6. The summed E-state index contributed by atoms with van der Waals surface area (Å²) in [5.41, 5.74) is 2.82. The molecule has 0 bridgehead atoms. The molecule has 1 aliphatic heterocycles. The topological polar surface area (TPSA) is 67.9 Å². The lowest BCUT2D eigenvalue weighted by Crippen LogP contribution is -2.28. The summed E-state index contributed by atoms with van der Waals surface area (Å²) in [6, 6.07) is 13.3. The average molecular weight is 368 g/mol. The SMILES string of the molecule is COc1cc(NC(=O)[C@@H]2CC(=O)N(Cc3ccc(C)cc3)C2)cc(OC)c1. The predicted octanol–water partition coefficient (Wildman–Crippen LogP) is 3.00. The number of ether oxygens (including phenoxy) is 2. The van der Waals surface area contributed by atoms with Gasteiger partial charge < -0.3 is 19.7 Å². The Morgan fingerprint density at radius 2 is 1.74 bits per heavy atom. The van der Waals surface area contributed by atoms with Gasteiger partial charge in [-0.2, -0.15) is 0 Å². The van der Waals surface area contributed by atoms with Gasteiger partial charge in [-0.05, 0) is 12.5 Å². The van der Waals surface area contributed by atoms with Crippen LogP contribution in [-0.2, 0) is 16.1 Å². The van der Waals surface area contributed by atoms with Crippen LogP contribution in [0.4, 0.5) is 5.69 Å². The second-order valence-electron chi connectivity index (χ2n) is 6.75. The van der Waals surface area contributed by atoms with E-state index in [0.717, 1.165) is 5.56 Å². The first-order chi connectivity index (χ1) is 13.0. The third-order valence-electron chi connectivity index (χ3n) is 4.70. The molecule has 0 radical (unpaired) electrons. The predicted molar refractivity (Wildman–Crippen MR) is 103 cm³/mol. The maximum atomic E-state index is 12.6. The van der Waals surface area contributed by atoms with Crippen molar-refractivity contribution in [2.24, 2.45) is 5.92 Å². The van der Waals surface area contributed by atoms with E-state index < -0.39 is 0 Å². The van der Waals surface area contributed by atoms with Crippen molar-refractivity contribution in [3.63, 3.8) is 0 Å². The fourth-order valence-electron chi connectivity index (χ4n) is 3.14. The van der Waals surface area contributed by atoms with E-state index in [-0.39, 0.29) is 24.2 Å². The van der Waals surface area contributed by atoms with Crippen LogP contribution in [0.5, 0.6) is 11.5 Å². The van der Waals surface area contributed by atoms with Gasteiger partial charge in [-0.15, -0.1) is 0 Å². The number of anilines is 1. The molecule has 3 rings (SSSR count). The molecule has 0 aromatic heterocycles. The number of nitrogens with one attached hydrogen (secondary N) is 1. The van der Waals surface area contributed by atoms with Gasteiger partial charge >= 0.3 is 0 Å². The van der Waals surface area contributed by atoms with Crippen LogP contribution in [-0.4, -0.2) is 37.5 Å². The third kappa shape index (κ3) is 4.58. The van der Waals surface area contributed by atoms with Gasteiger partial charge in [0.25, 0.3) is 0 Å².